The summed E-state index contributed by atoms with van der Waals surface area (Å²) in [4.78, 5) is 13.2. The zero-order chi connectivity index (χ0) is 24.3. The van der Waals surface area contributed by atoms with Gasteiger partial charge in [-0.25, -0.2) is 8.42 Å². The Bertz CT molecular complexity index is 1250. The predicted molar refractivity (Wildman–Crippen MR) is 137 cm³/mol. The Hall–Kier alpha value is -3.12. The van der Waals surface area contributed by atoms with Gasteiger partial charge >= 0.3 is 0 Å². The second-order valence-electron chi connectivity index (χ2n) is 9.24. The molecule has 178 valence electrons. The Labute approximate surface area is 202 Å². The van der Waals surface area contributed by atoms with E-state index in [0.717, 1.165) is 24.0 Å². The molecule has 0 bridgehead atoms. The largest absolute Gasteiger partial charge is 0.348 e. The second-order valence-corrected chi connectivity index (χ2v) is 11.1. The van der Waals surface area contributed by atoms with Crippen LogP contribution in [-0.4, -0.2) is 20.9 Å². The fourth-order valence-corrected chi connectivity index (χ4v) is 5.86. The summed E-state index contributed by atoms with van der Waals surface area (Å²) in [5.74, 6) is -0.0230. The number of carbonyl (C=O) groups excluding carboxylic acids is 1. The number of nitrogens with one attached hydrogen (secondary N) is 1. The molecular weight excluding hydrogens is 444 g/mol. The van der Waals surface area contributed by atoms with E-state index in [9.17, 15) is 13.2 Å². The summed E-state index contributed by atoms with van der Waals surface area (Å²) < 4.78 is 28.2. The van der Waals surface area contributed by atoms with E-state index in [1.807, 2.05) is 19.1 Å². The topological polar surface area (TPSA) is 66.5 Å². The highest BCUT2D eigenvalue weighted by Gasteiger charge is 2.28. The van der Waals surface area contributed by atoms with Gasteiger partial charge in [-0.3, -0.25) is 9.10 Å². The molecule has 0 heterocycles. The summed E-state index contributed by atoms with van der Waals surface area (Å²) in [6.07, 6.45) is 3.35. The highest BCUT2D eigenvalue weighted by Crippen LogP contribution is 2.27. The van der Waals surface area contributed by atoms with E-state index in [1.165, 1.54) is 21.9 Å². The minimum atomic E-state index is -3.92. The van der Waals surface area contributed by atoms with Crippen molar-refractivity contribution in [2.24, 2.45) is 0 Å². The standard InChI is InChI=1S/C28H32N2O3S/c1-20(2)22-14-16-26(17-15-22)30(34(32,33)27-10-5-4-6-11-27)19-28(31)29-21(3)24-13-12-23-8-7-9-25(23)18-24/h4-6,10-18,20-21H,7-9,19H2,1-3H3,(H,29,31). The molecule has 4 rings (SSSR count). The van der Waals surface area contributed by atoms with Gasteiger partial charge in [-0.15, -0.1) is 0 Å². The van der Waals surface area contributed by atoms with Gasteiger partial charge in [0.25, 0.3) is 10.0 Å². The number of anilines is 1. The molecule has 0 spiro atoms. The lowest BCUT2D eigenvalue weighted by Crippen LogP contribution is -2.41. The fraction of sp³-hybridized carbons (Fsp3) is 0.321. The minimum absolute atomic E-state index is 0.155. The van der Waals surface area contributed by atoms with Gasteiger partial charge in [0.1, 0.15) is 6.54 Å². The number of nitrogens with zero attached hydrogens (tertiary/aromatic N) is 1. The third kappa shape index (κ3) is 5.17. The third-order valence-electron chi connectivity index (χ3n) is 6.47. The number of amides is 1. The molecule has 34 heavy (non-hydrogen) atoms. The number of sulfonamides is 1. The van der Waals surface area contributed by atoms with E-state index in [4.69, 9.17) is 0 Å². The Morgan fingerprint density at radius 2 is 1.53 bits per heavy atom. The van der Waals surface area contributed by atoms with Gasteiger partial charge in [-0.1, -0.05) is 62.4 Å². The number of aryl methyl sites for hydroxylation is 2. The number of rotatable bonds is 8. The van der Waals surface area contributed by atoms with Gasteiger partial charge in [0, 0.05) is 0 Å². The maximum absolute atomic E-state index is 13.5. The summed E-state index contributed by atoms with van der Waals surface area (Å²) in [7, 11) is -3.92. The molecule has 1 aliphatic rings. The molecule has 1 aliphatic carbocycles. The first-order valence-corrected chi connectivity index (χ1v) is 13.3. The first-order chi connectivity index (χ1) is 16.3. The van der Waals surface area contributed by atoms with E-state index in [-0.39, 0.29) is 23.4 Å². The van der Waals surface area contributed by atoms with Crippen LogP contribution in [0.5, 0.6) is 0 Å². The molecule has 1 amide bonds. The highest BCUT2D eigenvalue weighted by atomic mass is 32.2. The van der Waals surface area contributed by atoms with Gasteiger partial charge in [0.05, 0.1) is 16.6 Å². The summed E-state index contributed by atoms with van der Waals surface area (Å²) in [5, 5.41) is 3.00. The van der Waals surface area contributed by atoms with Crippen LogP contribution in [-0.2, 0) is 27.7 Å². The maximum Gasteiger partial charge on any atom is 0.264 e. The molecule has 3 aromatic carbocycles. The Balaban J connectivity index is 1.58. The number of fused-ring (bicyclic) bond motifs is 1. The van der Waals surface area contributed by atoms with Gasteiger partial charge in [-0.2, -0.15) is 0 Å². The molecule has 5 nitrogen and oxygen atoms in total. The second kappa shape index (κ2) is 10.0. The van der Waals surface area contributed by atoms with Gasteiger partial charge in [-0.05, 0) is 78.6 Å². The van der Waals surface area contributed by atoms with Crippen molar-refractivity contribution in [1.29, 1.82) is 0 Å². The van der Waals surface area contributed by atoms with Crippen molar-refractivity contribution in [3.63, 3.8) is 0 Å². The number of hydrogen-bond donors (Lipinski definition) is 1. The quantitative estimate of drug-likeness (QED) is 0.475. The average Bonchev–Trinajstić information content (AvgIpc) is 3.31. The molecule has 0 saturated heterocycles. The molecule has 0 aliphatic heterocycles. The smallest absolute Gasteiger partial charge is 0.264 e. The van der Waals surface area contributed by atoms with Crippen LogP contribution < -0.4 is 9.62 Å². The van der Waals surface area contributed by atoms with Crippen LogP contribution in [0.4, 0.5) is 5.69 Å². The van der Waals surface area contributed by atoms with Crippen molar-refractivity contribution in [3.05, 3.63) is 95.1 Å². The molecule has 6 heteroatoms. The van der Waals surface area contributed by atoms with E-state index in [0.29, 0.717) is 11.6 Å². The van der Waals surface area contributed by atoms with Crippen LogP contribution in [0, 0.1) is 0 Å². The molecule has 3 aromatic rings. The van der Waals surface area contributed by atoms with E-state index in [2.05, 4.69) is 37.4 Å². The molecule has 0 saturated carbocycles. The molecule has 0 fully saturated rings. The SMILES string of the molecule is CC(C)c1ccc(N(CC(=O)NC(C)c2ccc3c(c2)CCC3)S(=O)(=O)c2ccccc2)cc1. The van der Waals surface area contributed by atoms with Crippen molar-refractivity contribution in [1.82, 2.24) is 5.32 Å². The van der Waals surface area contributed by atoms with Gasteiger partial charge in [0.2, 0.25) is 5.91 Å². The van der Waals surface area contributed by atoms with Crippen LogP contribution in [0.1, 0.15) is 61.4 Å². The van der Waals surface area contributed by atoms with Crippen LogP contribution in [0.15, 0.2) is 77.7 Å². The van der Waals surface area contributed by atoms with Crippen molar-refractivity contribution >= 4 is 21.6 Å². The summed E-state index contributed by atoms with van der Waals surface area (Å²) in [6.45, 7) is 5.80. The fourth-order valence-electron chi connectivity index (χ4n) is 4.42. The number of hydrogen-bond acceptors (Lipinski definition) is 3. The number of benzene rings is 3. The lowest BCUT2D eigenvalue weighted by atomic mass is 10.0. The molecule has 0 aromatic heterocycles. The Morgan fingerprint density at radius 3 is 2.21 bits per heavy atom. The molecule has 1 N–H and O–H groups in total. The molecule has 1 atom stereocenters. The Kier molecular flexibility index (Phi) is 7.08. The first-order valence-electron chi connectivity index (χ1n) is 11.8. The summed E-state index contributed by atoms with van der Waals surface area (Å²) >= 11 is 0. The van der Waals surface area contributed by atoms with Crippen molar-refractivity contribution < 1.29 is 13.2 Å². The predicted octanol–water partition coefficient (Wildman–Crippen LogP) is 5.37. The van der Waals surface area contributed by atoms with Gasteiger partial charge in [0.15, 0.2) is 0 Å². The van der Waals surface area contributed by atoms with E-state index >= 15 is 0 Å². The first kappa shape index (κ1) is 24.0. The van der Waals surface area contributed by atoms with E-state index < -0.39 is 10.0 Å². The minimum Gasteiger partial charge on any atom is -0.348 e. The zero-order valence-corrected chi connectivity index (χ0v) is 20.8. The molecular formula is C28H32N2O3S. The van der Waals surface area contributed by atoms with Crippen LogP contribution in [0.2, 0.25) is 0 Å². The average molecular weight is 477 g/mol. The number of carbonyl (C=O) groups is 1. The maximum atomic E-state index is 13.5. The molecule has 0 radical (unpaired) electrons. The lowest BCUT2D eigenvalue weighted by molar-refractivity contribution is -0.120. The van der Waals surface area contributed by atoms with Crippen molar-refractivity contribution in [3.8, 4) is 0 Å². The summed E-state index contributed by atoms with van der Waals surface area (Å²) in [5.41, 5.74) is 5.33. The molecule has 1 unspecified atom stereocenters. The van der Waals surface area contributed by atoms with Crippen molar-refractivity contribution in [2.45, 2.75) is 56.9 Å². The lowest BCUT2D eigenvalue weighted by Gasteiger charge is -2.25. The normalized spacial score (nSPS) is 14.0. The van der Waals surface area contributed by atoms with Crippen LogP contribution >= 0.6 is 0 Å². The van der Waals surface area contributed by atoms with Gasteiger partial charge < -0.3 is 5.32 Å². The Morgan fingerprint density at radius 1 is 0.882 bits per heavy atom. The van der Waals surface area contributed by atoms with Crippen LogP contribution in [0.3, 0.4) is 0 Å². The highest BCUT2D eigenvalue weighted by molar-refractivity contribution is 7.92. The van der Waals surface area contributed by atoms with Crippen LogP contribution in [0.25, 0.3) is 0 Å². The third-order valence-corrected chi connectivity index (χ3v) is 8.25. The zero-order valence-electron chi connectivity index (χ0n) is 20.0. The monoisotopic (exact) mass is 476 g/mol. The van der Waals surface area contributed by atoms with Crippen molar-refractivity contribution in [2.75, 3.05) is 10.8 Å². The van der Waals surface area contributed by atoms with E-state index in [1.54, 1.807) is 42.5 Å². The summed E-state index contributed by atoms with van der Waals surface area (Å²) in [6, 6.07) is 21.8.